The minimum absolute atomic E-state index is 0. The van der Waals surface area contributed by atoms with Crippen LogP contribution in [0.25, 0.3) is 44.2 Å². The number of fused-ring (bicyclic) bond motifs is 2. The van der Waals surface area contributed by atoms with Gasteiger partial charge >= 0.3 is 34.4 Å². The Bertz CT molecular complexity index is 5860. The molecule has 6 heterocycles. The Balaban J connectivity index is 0.000000344. The van der Waals surface area contributed by atoms with Gasteiger partial charge in [-0.25, -0.2) is 40.0 Å². The molecule has 12 aromatic rings. The van der Waals surface area contributed by atoms with Gasteiger partial charge in [0.2, 0.25) is 29.1 Å². The Labute approximate surface area is 794 Å². The van der Waals surface area contributed by atoms with Crippen molar-refractivity contribution in [3.05, 3.63) is 272 Å². The lowest BCUT2D eigenvalue weighted by Gasteiger charge is -2.32. The van der Waals surface area contributed by atoms with E-state index < -0.39 is 80.3 Å². The second kappa shape index (κ2) is 50.9. The molecule has 0 amide bonds. The highest BCUT2D eigenvalue weighted by molar-refractivity contribution is 9.11. The number of benzene rings is 7. The van der Waals surface area contributed by atoms with E-state index in [1.165, 1.54) is 31.3 Å². The van der Waals surface area contributed by atoms with Gasteiger partial charge in [-0.2, -0.15) is 14.9 Å². The van der Waals surface area contributed by atoms with E-state index in [2.05, 4.69) is 102 Å². The Hall–Kier alpha value is -8.62. The number of aromatic nitrogens is 7. The number of pyridine rings is 3. The lowest BCUT2D eigenvalue weighted by atomic mass is 9.78. The summed E-state index contributed by atoms with van der Waals surface area (Å²) in [6.45, 7) is 21.7. The van der Waals surface area contributed by atoms with Crippen molar-refractivity contribution in [2.45, 2.75) is 160 Å². The number of nitrogens with zero attached hydrogens (tertiary/aromatic N) is 8. The van der Waals surface area contributed by atoms with Crippen molar-refractivity contribution in [3.8, 4) is 22.4 Å². The summed E-state index contributed by atoms with van der Waals surface area (Å²) < 4.78 is 92.2. The van der Waals surface area contributed by atoms with Crippen molar-refractivity contribution in [3.63, 3.8) is 0 Å². The fourth-order valence-corrected chi connectivity index (χ4v) is 15.6. The number of anilines is 3. The van der Waals surface area contributed by atoms with Crippen LogP contribution in [0.5, 0.6) is 0 Å². The highest BCUT2D eigenvalue weighted by Gasteiger charge is 2.52. The van der Waals surface area contributed by atoms with Crippen molar-refractivity contribution in [2.75, 3.05) is 52.3 Å². The van der Waals surface area contributed by atoms with Crippen molar-refractivity contribution >= 4 is 179 Å². The third kappa shape index (κ3) is 35.8. The zero-order chi connectivity index (χ0) is 91.9. The average Bonchev–Trinajstić information content (AvgIpc) is 1.67. The first kappa shape index (κ1) is 113. The molecule has 5 aromatic heterocycles. The van der Waals surface area contributed by atoms with Gasteiger partial charge in [-0.05, 0) is 197 Å². The Morgan fingerprint density at radius 2 is 1.06 bits per heavy atom. The summed E-state index contributed by atoms with van der Waals surface area (Å²) in [4.78, 5) is 25.3. The molecule has 39 heteroatoms. The monoisotopic (exact) mass is 2010 g/mol. The quantitative estimate of drug-likeness (QED) is 0.0146. The Kier molecular flexibility index (Phi) is 44.4. The average molecular weight is 2010 g/mol. The fourth-order valence-electron chi connectivity index (χ4n) is 12.8. The van der Waals surface area contributed by atoms with Gasteiger partial charge in [0, 0.05) is 76.0 Å². The molecule has 0 aliphatic carbocycles. The standard InChI is InChI=1S/C29H29N5O2S.C19H27BN2O4.C16H20BBrClN3O3S.C15H18BBrClN3O.C6H7BO2.CH3ClO2S.4CH4/c1-20-26-16-23(13-14-28(26)33-32-20)27-17-25(18-31-29(27)22-11-7-4-8-12-22)34(37(2,35)36)19-24(30)15-21-9-5-3-6-10-21;1-12-14-11-13(20-25-18(5,6)19(7,8)26-20)9-10-15(14)22(21-12)16(23)24-17(2,3)4;1-17(23)21-13(8-12-6-4-3-5-7-12)11-22(26(2,24)25)14-9-15(18)16(19)20-10-14;1-16(22)21-13(7-11-5-3-2-4-6-11)10-19-12-8-14(17)15(18)20-9-12;8-7(9)6-4-2-1-3-5-6;1-5(2,3)4;;;;/h3-14,16-18,24H,15,19,30H2,1-2H3,(H,32,33);9-11H,1-8H3;3-7,9-10,13,21,23H,8,11H2,1-2H3;2-6,8-9,13,19,21-22H,7,10H2,1H3;1-5,8-9H;1H3;4*1H4/t24-;;2*13-;;;;;;/m0.00....../s1. The molecule has 0 spiro atoms. The molecule has 1 aliphatic heterocycles. The number of hydrogen-bond donors (Lipinski definition) is 9. The number of sulfonamides is 2. The topological polar surface area (TPSA) is 382 Å². The van der Waals surface area contributed by atoms with Gasteiger partial charge in [0.25, 0.3) is 0 Å². The minimum Gasteiger partial charge on any atom is -0.442 e. The first-order valence-electron chi connectivity index (χ1n) is 39.6. The number of nitrogens with two attached hydrogens (primary N) is 1. The van der Waals surface area contributed by atoms with E-state index in [0.29, 0.717) is 51.4 Å². The smallest absolute Gasteiger partial charge is 0.442 e. The molecule has 1 aliphatic rings. The van der Waals surface area contributed by atoms with Gasteiger partial charge in [0.15, 0.2) is 0 Å². The van der Waals surface area contributed by atoms with Crippen LogP contribution in [0.3, 0.4) is 0 Å². The molecule has 694 valence electrons. The van der Waals surface area contributed by atoms with Gasteiger partial charge in [-0.3, -0.25) is 18.7 Å². The molecule has 1 fully saturated rings. The SMILES string of the molecule is C.C.C.C.CB(O)N[C@@H](Cc1ccccc1)CN(c1cnc(Cl)c(Br)c1)S(C)(=O)=O.CB(O)N[C@H](CNc1cnc(Cl)c(Br)c1)Cc1ccccc1.CS(=O)(=O)Cl.Cc1[nH]nc2ccc(-c3cc(N(C[C@@H](N)Cc4ccccc4)S(C)(=O)=O)cnc3-c3ccccc3)cc12.Cc1nn(C(=O)OC(C)(C)C)c2ccc(B3OC(C)(C)C(C)(C)O3)cc12.OB(O)c1ccccc1. The van der Waals surface area contributed by atoms with Crippen LogP contribution in [0, 0.1) is 13.8 Å². The highest BCUT2D eigenvalue weighted by atomic mass is 79.9. The van der Waals surface area contributed by atoms with E-state index in [-0.39, 0.29) is 66.1 Å². The molecule has 1 saturated heterocycles. The van der Waals surface area contributed by atoms with E-state index in [1.807, 2.05) is 220 Å². The molecule has 0 unspecified atom stereocenters. The molecule has 0 saturated carbocycles. The maximum Gasteiger partial charge on any atom is 0.494 e. The number of carbonyl (C=O) groups excluding carboxylic acids is 1. The van der Waals surface area contributed by atoms with Gasteiger partial charge < -0.3 is 55.6 Å². The number of hydrogen-bond acceptors (Lipinski definition) is 23. The number of nitrogens with one attached hydrogen (secondary N) is 4. The number of aryl methyl sites for hydroxylation is 2. The summed E-state index contributed by atoms with van der Waals surface area (Å²) in [5.74, 6) is 0. The van der Waals surface area contributed by atoms with E-state index in [4.69, 9.17) is 58.0 Å². The third-order valence-electron chi connectivity index (χ3n) is 19.3. The summed E-state index contributed by atoms with van der Waals surface area (Å²) in [5, 5.41) is 60.3. The summed E-state index contributed by atoms with van der Waals surface area (Å²) >= 11 is 18.4. The molecule has 13 rings (SSSR count). The molecule has 0 bridgehead atoms. The summed E-state index contributed by atoms with van der Waals surface area (Å²) in [6.07, 6.45) is 9.43. The van der Waals surface area contributed by atoms with E-state index in [9.17, 15) is 40.1 Å². The van der Waals surface area contributed by atoms with Crippen molar-refractivity contribution in [2.24, 2.45) is 5.73 Å². The Morgan fingerprint density at radius 1 is 0.605 bits per heavy atom. The van der Waals surface area contributed by atoms with Gasteiger partial charge in [-0.1, -0.05) is 223 Å². The number of rotatable bonds is 25. The molecular formula is C90H120B4Br2Cl3N13O14S3. The second-order valence-electron chi connectivity index (χ2n) is 31.7. The van der Waals surface area contributed by atoms with Gasteiger partial charge in [0.05, 0.1) is 97.0 Å². The molecule has 27 nitrogen and oxygen atoms in total. The maximum absolute atomic E-state index is 12.9. The largest absolute Gasteiger partial charge is 0.494 e. The van der Waals surface area contributed by atoms with Crippen LogP contribution in [0.15, 0.2) is 234 Å². The predicted octanol–water partition coefficient (Wildman–Crippen LogP) is 16.3. The fraction of sp³-hybridized carbons (Fsp3) is 0.333. The highest BCUT2D eigenvalue weighted by Crippen LogP contribution is 2.39. The van der Waals surface area contributed by atoms with E-state index >= 15 is 0 Å². The van der Waals surface area contributed by atoms with Crippen molar-refractivity contribution < 1.29 is 64.2 Å². The summed E-state index contributed by atoms with van der Waals surface area (Å²) in [6, 6.07) is 64.8. The first-order valence-corrected chi connectivity index (χ1v) is 48.3. The molecule has 7 aromatic carbocycles. The number of carbonyl (C=O) groups is 1. The van der Waals surface area contributed by atoms with Gasteiger partial charge in [-0.15, -0.1) is 0 Å². The number of H-pyrrole nitrogens is 1. The number of halogens is 5. The van der Waals surface area contributed by atoms with Crippen LogP contribution >= 0.6 is 65.7 Å². The van der Waals surface area contributed by atoms with Crippen LogP contribution in [-0.4, -0.2) is 188 Å². The molecule has 3 atom stereocenters. The zero-order valence-corrected chi connectivity index (χ0v) is 79.7. The second-order valence-corrected chi connectivity index (χ2v) is 41.0. The molecule has 10 N–H and O–H groups in total. The van der Waals surface area contributed by atoms with E-state index in [0.717, 1.165) is 95.7 Å². The van der Waals surface area contributed by atoms with Crippen molar-refractivity contribution in [1.29, 1.82) is 0 Å². The summed E-state index contributed by atoms with van der Waals surface area (Å²) in [7, 11) is -9.00. The maximum atomic E-state index is 12.9. The molecule has 0 radical (unpaired) electrons. The lowest BCUT2D eigenvalue weighted by Crippen LogP contribution is -2.49. The normalized spacial score (nSPS) is 13.1. The zero-order valence-electron chi connectivity index (χ0n) is 71.8. The minimum atomic E-state index is -3.62. The van der Waals surface area contributed by atoms with Crippen LogP contribution in [0.1, 0.15) is 106 Å². The van der Waals surface area contributed by atoms with Crippen LogP contribution < -0.4 is 41.0 Å². The van der Waals surface area contributed by atoms with Crippen molar-refractivity contribution in [1.82, 2.24) is 45.4 Å². The summed E-state index contributed by atoms with van der Waals surface area (Å²) in [5.41, 5.74) is 18.3. The number of ether oxygens (including phenoxy) is 1. The Morgan fingerprint density at radius 3 is 1.54 bits per heavy atom. The lowest BCUT2D eigenvalue weighted by molar-refractivity contribution is 0.00578. The molecule has 129 heavy (non-hydrogen) atoms. The van der Waals surface area contributed by atoms with Crippen LogP contribution in [-0.2, 0) is 62.4 Å². The number of aromatic amines is 1. The van der Waals surface area contributed by atoms with Gasteiger partial charge in [0.1, 0.15) is 15.9 Å². The predicted molar refractivity (Wildman–Crippen MR) is 542 cm³/mol. The first-order chi connectivity index (χ1) is 58.6. The third-order valence-corrected chi connectivity index (χ3v) is 23.9. The molecular weight excluding hydrogens is 1890 g/mol. The van der Waals surface area contributed by atoms with Crippen LogP contribution in [0.2, 0.25) is 24.0 Å². The van der Waals surface area contributed by atoms with Crippen LogP contribution in [0.4, 0.5) is 21.9 Å². The van der Waals surface area contributed by atoms with E-state index in [1.54, 1.807) is 56.4 Å².